The monoisotopic (exact) mass is 670 g/mol. The lowest BCUT2D eigenvalue weighted by Gasteiger charge is -2.44. The first-order valence-corrected chi connectivity index (χ1v) is 16.3. The Bertz CT molecular complexity index is 1400. The lowest BCUT2D eigenvalue weighted by atomic mass is 9.72. The first-order chi connectivity index (χ1) is 22.3. The number of esters is 4. The van der Waals surface area contributed by atoms with Crippen LogP contribution in [0.5, 0.6) is 0 Å². The maximum Gasteiger partial charge on any atom is 0.338 e. The lowest BCUT2D eigenvalue weighted by molar-refractivity contribution is -0.184. The molecule has 11 nitrogen and oxygen atoms in total. The van der Waals surface area contributed by atoms with E-state index in [9.17, 15) is 29.1 Å². The molecule has 48 heavy (non-hydrogen) atoms. The summed E-state index contributed by atoms with van der Waals surface area (Å²) in [6, 6.07) is 8.11. The molecule has 0 aromatic heterocycles. The molecule has 2 aliphatic carbocycles. The lowest BCUT2D eigenvalue weighted by Crippen LogP contribution is -2.58. The molecule has 0 heterocycles. The number of benzene rings is 1. The Hall–Kier alpha value is -3.83. The van der Waals surface area contributed by atoms with Crippen LogP contribution >= 0.6 is 0 Å². The van der Waals surface area contributed by atoms with Crippen molar-refractivity contribution in [2.24, 2.45) is 29.1 Å². The van der Waals surface area contributed by atoms with Crippen LogP contribution in [0.3, 0.4) is 0 Å². The highest BCUT2D eigenvalue weighted by atomic mass is 16.6. The Morgan fingerprint density at radius 1 is 0.896 bits per heavy atom. The molecule has 0 aliphatic heterocycles. The molecule has 1 fully saturated rings. The van der Waals surface area contributed by atoms with Crippen molar-refractivity contribution in [3.63, 3.8) is 0 Å². The zero-order chi connectivity index (χ0) is 36.1. The van der Waals surface area contributed by atoms with Crippen LogP contribution in [0, 0.1) is 29.1 Å². The van der Waals surface area contributed by atoms with E-state index in [2.05, 4.69) is 6.58 Å². The fourth-order valence-corrected chi connectivity index (χ4v) is 6.71. The molecule has 1 aromatic carbocycles. The Morgan fingerprint density at radius 2 is 1.46 bits per heavy atom. The van der Waals surface area contributed by atoms with Crippen LogP contribution < -0.4 is 0 Å². The predicted molar refractivity (Wildman–Crippen MR) is 175 cm³/mol. The van der Waals surface area contributed by atoms with E-state index in [4.69, 9.17) is 23.7 Å². The van der Waals surface area contributed by atoms with Gasteiger partial charge in [0.1, 0.15) is 11.7 Å². The van der Waals surface area contributed by atoms with Gasteiger partial charge < -0.3 is 28.8 Å². The third-order valence-electron chi connectivity index (χ3n) is 8.89. The number of Topliss-reactive ketones (excluding diaryl/α,β-unsaturated/α-hetero) is 1. The third kappa shape index (κ3) is 8.79. The molecule has 0 bridgehead atoms. The Kier molecular flexibility index (Phi) is 12.5. The standard InChI is InChI=1S/C37H50O11/c1-20(2)19-44-30-23(5)31(48-35(42)27-14-12-11-13-15-27)32(46-25(7)39)34(47-26(8)40)36(9,10)17-16-21(3)33(41)37(43)18-22(4)29(28(30)37)45-24(6)38/h11-17,20-22,28-32,34,43H,5,18-19H2,1-4,6-10H3/b17-16+/t21-,22-,28+,29-,30-,31-,32+,34+,37+/m0/s1. The number of hydrogen-bond acceptors (Lipinski definition) is 11. The third-order valence-corrected chi connectivity index (χ3v) is 8.89. The number of allylic oxidation sites excluding steroid dienone is 1. The molecule has 264 valence electrons. The number of hydrogen-bond donors (Lipinski definition) is 1. The minimum atomic E-state index is -2.07. The second-order valence-corrected chi connectivity index (χ2v) is 14.1. The Balaban J connectivity index is 2.42. The van der Waals surface area contributed by atoms with Gasteiger partial charge in [-0.3, -0.25) is 19.2 Å². The molecule has 1 aromatic rings. The topological polar surface area (TPSA) is 152 Å². The maximum absolute atomic E-state index is 14.3. The number of carbonyl (C=O) groups excluding carboxylic acids is 5. The van der Waals surface area contributed by atoms with Crippen molar-refractivity contribution in [2.45, 2.75) is 105 Å². The van der Waals surface area contributed by atoms with Gasteiger partial charge in [-0.25, -0.2) is 4.79 Å². The van der Waals surface area contributed by atoms with Crippen LogP contribution in [0.4, 0.5) is 0 Å². The number of aliphatic hydroxyl groups is 1. The van der Waals surface area contributed by atoms with Crippen LogP contribution in [0.25, 0.3) is 0 Å². The van der Waals surface area contributed by atoms with E-state index in [0.29, 0.717) is 0 Å². The average molecular weight is 671 g/mol. The van der Waals surface area contributed by atoms with Crippen molar-refractivity contribution in [3.8, 4) is 0 Å². The van der Waals surface area contributed by atoms with Crippen molar-refractivity contribution in [1.82, 2.24) is 0 Å². The molecule has 1 saturated carbocycles. The van der Waals surface area contributed by atoms with Gasteiger partial charge in [0.15, 0.2) is 24.1 Å². The highest BCUT2D eigenvalue weighted by Crippen LogP contribution is 2.49. The van der Waals surface area contributed by atoms with E-state index >= 15 is 0 Å². The summed E-state index contributed by atoms with van der Waals surface area (Å²) in [6.07, 6.45) is -3.38. The molecule has 0 spiro atoms. The van der Waals surface area contributed by atoms with Crippen LogP contribution in [0.15, 0.2) is 54.6 Å². The van der Waals surface area contributed by atoms with Crippen molar-refractivity contribution >= 4 is 29.7 Å². The Morgan fingerprint density at radius 3 is 2.00 bits per heavy atom. The summed E-state index contributed by atoms with van der Waals surface area (Å²) in [7, 11) is 0. The van der Waals surface area contributed by atoms with E-state index in [1.54, 1.807) is 70.2 Å². The van der Waals surface area contributed by atoms with Gasteiger partial charge in [-0.1, -0.05) is 78.5 Å². The van der Waals surface area contributed by atoms with Crippen molar-refractivity contribution in [1.29, 1.82) is 0 Å². The van der Waals surface area contributed by atoms with E-state index in [1.807, 2.05) is 13.8 Å². The molecule has 0 amide bonds. The molecule has 1 N–H and O–H groups in total. The minimum Gasteiger partial charge on any atom is -0.462 e. The summed E-state index contributed by atoms with van der Waals surface area (Å²) in [5.74, 6) is -6.02. The summed E-state index contributed by atoms with van der Waals surface area (Å²) in [4.78, 5) is 65.8. The van der Waals surface area contributed by atoms with Gasteiger partial charge in [0, 0.05) is 38.7 Å². The number of ketones is 1. The second kappa shape index (κ2) is 15.6. The first-order valence-electron chi connectivity index (χ1n) is 16.3. The Labute approximate surface area is 283 Å². The van der Waals surface area contributed by atoms with Crippen molar-refractivity contribution in [2.75, 3.05) is 6.61 Å². The van der Waals surface area contributed by atoms with E-state index < -0.39 is 89.0 Å². The van der Waals surface area contributed by atoms with Crippen LogP contribution in [0.2, 0.25) is 0 Å². The predicted octanol–water partition coefficient (Wildman–Crippen LogP) is 4.79. The highest BCUT2D eigenvalue weighted by Gasteiger charge is 2.62. The van der Waals surface area contributed by atoms with Gasteiger partial charge in [0.25, 0.3) is 0 Å². The molecule has 0 saturated heterocycles. The van der Waals surface area contributed by atoms with E-state index in [1.165, 1.54) is 20.8 Å². The normalized spacial score (nSPS) is 32.6. The molecule has 11 heteroatoms. The van der Waals surface area contributed by atoms with Gasteiger partial charge >= 0.3 is 23.9 Å². The fourth-order valence-electron chi connectivity index (χ4n) is 6.71. The number of rotatable bonds is 8. The summed E-state index contributed by atoms with van der Waals surface area (Å²) in [5, 5.41) is 12.4. The SMILES string of the molecule is C=C1[C@H](OC(=O)c2ccccc2)[C@@H](OC(C)=O)[C@@H](OC(C)=O)C(C)(C)/C=C/[C@H](C)C(=O)[C@@]2(O)C[C@H](C)[C@H](OC(C)=O)[C@@H]2[C@H]1OCC(C)C. The fraction of sp³-hybridized carbons (Fsp3) is 0.595. The largest absolute Gasteiger partial charge is 0.462 e. The molecule has 0 unspecified atom stereocenters. The van der Waals surface area contributed by atoms with Crippen LogP contribution in [-0.2, 0) is 42.9 Å². The molecule has 3 rings (SSSR count). The number of fused-ring (bicyclic) bond motifs is 1. The summed E-state index contributed by atoms with van der Waals surface area (Å²) >= 11 is 0. The quantitative estimate of drug-likeness (QED) is 0.231. The molecule has 2 aliphatic rings. The van der Waals surface area contributed by atoms with Gasteiger partial charge in [0.05, 0.1) is 17.6 Å². The van der Waals surface area contributed by atoms with E-state index in [-0.39, 0.29) is 30.1 Å². The van der Waals surface area contributed by atoms with E-state index in [0.717, 1.165) is 0 Å². The summed E-state index contributed by atoms with van der Waals surface area (Å²) in [5.41, 5.74) is -3.01. The van der Waals surface area contributed by atoms with Gasteiger partial charge in [-0.15, -0.1) is 0 Å². The smallest absolute Gasteiger partial charge is 0.338 e. The summed E-state index contributed by atoms with van der Waals surface area (Å²) < 4.78 is 30.1. The number of ether oxygens (including phenoxy) is 5. The van der Waals surface area contributed by atoms with Gasteiger partial charge in [-0.2, -0.15) is 0 Å². The minimum absolute atomic E-state index is 0.0128. The maximum atomic E-state index is 14.3. The van der Waals surface area contributed by atoms with Crippen LogP contribution in [0.1, 0.15) is 79.1 Å². The zero-order valence-electron chi connectivity index (χ0n) is 29.4. The molecule has 9 atom stereocenters. The number of carbonyl (C=O) groups is 5. The molecular formula is C37H50O11. The first kappa shape index (κ1) is 38.6. The molecular weight excluding hydrogens is 620 g/mol. The second-order valence-electron chi connectivity index (χ2n) is 14.1. The molecule has 0 radical (unpaired) electrons. The van der Waals surface area contributed by atoms with Gasteiger partial charge in [-0.05, 0) is 36.0 Å². The van der Waals surface area contributed by atoms with Crippen molar-refractivity contribution in [3.05, 3.63) is 60.2 Å². The zero-order valence-corrected chi connectivity index (χ0v) is 29.4. The van der Waals surface area contributed by atoms with Gasteiger partial charge in [0.2, 0.25) is 0 Å². The average Bonchev–Trinajstić information content (AvgIpc) is 3.24. The summed E-state index contributed by atoms with van der Waals surface area (Å²) in [6.45, 7) is 18.7. The highest BCUT2D eigenvalue weighted by molar-refractivity contribution is 5.91. The van der Waals surface area contributed by atoms with Crippen molar-refractivity contribution < 1.29 is 52.8 Å². The van der Waals surface area contributed by atoms with Crippen LogP contribution in [-0.4, -0.2) is 77.5 Å².